The average molecular weight is 281 g/mol. The van der Waals surface area contributed by atoms with Gasteiger partial charge in [0.05, 0.1) is 0 Å². The first kappa shape index (κ1) is 17.7. The van der Waals surface area contributed by atoms with Crippen molar-refractivity contribution in [2.75, 3.05) is 6.54 Å². The van der Waals surface area contributed by atoms with E-state index in [-0.39, 0.29) is 0 Å². The van der Waals surface area contributed by atoms with Crippen molar-refractivity contribution < 1.29 is 4.79 Å². The molecule has 0 unspecified atom stereocenters. The molecular weight excluding hydrogens is 246 g/mol. The van der Waals surface area contributed by atoms with Crippen molar-refractivity contribution in [3.63, 3.8) is 0 Å². The second kappa shape index (κ2) is 12.4. The molecule has 0 amide bonds. The van der Waals surface area contributed by atoms with Gasteiger partial charge in [-0.3, -0.25) is 4.79 Å². The fraction of sp³-hybridized carbons (Fsp3) is 0.944. The number of ketones is 1. The highest BCUT2D eigenvalue weighted by atomic mass is 16.1. The van der Waals surface area contributed by atoms with Crippen LogP contribution in [0.1, 0.15) is 96.8 Å². The number of carbonyl (C=O) groups excluding carboxylic acids is 1. The van der Waals surface area contributed by atoms with Crippen LogP contribution in [0.15, 0.2) is 0 Å². The van der Waals surface area contributed by atoms with Crippen molar-refractivity contribution in [3.05, 3.63) is 0 Å². The first-order chi connectivity index (χ1) is 9.83. The maximum atomic E-state index is 11.6. The van der Waals surface area contributed by atoms with Gasteiger partial charge in [0.25, 0.3) is 0 Å². The van der Waals surface area contributed by atoms with Crippen LogP contribution < -0.4 is 5.32 Å². The summed E-state index contributed by atoms with van der Waals surface area (Å²) in [5.41, 5.74) is 0. The summed E-state index contributed by atoms with van der Waals surface area (Å²) in [6, 6.07) is 0.736. The molecule has 0 heterocycles. The maximum Gasteiger partial charge on any atom is 0.134 e. The molecule has 1 aliphatic carbocycles. The van der Waals surface area contributed by atoms with Gasteiger partial charge in [0, 0.05) is 25.4 Å². The van der Waals surface area contributed by atoms with Gasteiger partial charge < -0.3 is 5.32 Å². The Bertz CT molecular complexity index is 236. The van der Waals surface area contributed by atoms with Crippen molar-refractivity contribution in [1.82, 2.24) is 5.32 Å². The Morgan fingerprint density at radius 3 is 1.95 bits per heavy atom. The SMILES string of the molecule is CCCCCCCCCCCCC(=O)CCNC1CC1. The Morgan fingerprint density at radius 1 is 0.850 bits per heavy atom. The lowest BCUT2D eigenvalue weighted by molar-refractivity contribution is -0.119. The quantitative estimate of drug-likeness (QED) is 0.428. The van der Waals surface area contributed by atoms with Crippen molar-refractivity contribution in [3.8, 4) is 0 Å². The predicted octanol–water partition coefficient (Wildman–Crippen LogP) is 5.01. The average Bonchev–Trinajstić information content (AvgIpc) is 3.25. The number of nitrogens with one attached hydrogen (secondary N) is 1. The van der Waals surface area contributed by atoms with Crippen molar-refractivity contribution in [2.45, 2.75) is 103 Å². The summed E-state index contributed by atoms with van der Waals surface area (Å²) in [4.78, 5) is 11.6. The Hall–Kier alpha value is -0.370. The van der Waals surface area contributed by atoms with Crippen molar-refractivity contribution >= 4 is 5.78 Å². The normalized spacial score (nSPS) is 14.7. The molecule has 1 fully saturated rings. The largest absolute Gasteiger partial charge is 0.314 e. The third kappa shape index (κ3) is 11.5. The number of Topliss-reactive ketones (excluding diaryl/α,β-unsaturated/α-hetero) is 1. The van der Waals surface area contributed by atoms with Crippen LogP contribution in [0.25, 0.3) is 0 Å². The topological polar surface area (TPSA) is 29.1 Å². The third-order valence-corrected chi connectivity index (χ3v) is 4.22. The molecule has 0 atom stereocenters. The molecule has 0 spiro atoms. The van der Waals surface area contributed by atoms with Gasteiger partial charge in [-0.15, -0.1) is 0 Å². The summed E-state index contributed by atoms with van der Waals surface area (Å²) < 4.78 is 0. The molecule has 0 bridgehead atoms. The molecule has 0 saturated heterocycles. The molecule has 2 heteroatoms. The van der Waals surface area contributed by atoms with E-state index in [1.165, 1.54) is 70.6 Å². The number of hydrogen-bond acceptors (Lipinski definition) is 2. The second-order valence-electron chi connectivity index (χ2n) is 6.45. The zero-order valence-corrected chi connectivity index (χ0v) is 13.6. The first-order valence-electron chi connectivity index (χ1n) is 9.08. The highest BCUT2D eigenvalue weighted by Gasteiger charge is 2.19. The minimum Gasteiger partial charge on any atom is -0.314 e. The van der Waals surface area contributed by atoms with E-state index in [0.29, 0.717) is 5.78 Å². The lowest BCUT2D eigenvalue weighted by Crippen LogP contribution is -2.20. The van der Waals surface area contributed by atoms with Gasteiger partial charge in [-0.25, -0.2) is 0 Å². The van der Waals surface area contributed by atoms with E-state index in [1.807, 2.05) is 0 Å². The van der Waals surface area contributed by atoms with Crippen LogP contribution in [0.3, 0.4) is 0 Å². The van der Waals surface area contributed by atoms with E-state index in [9.17, 15) is 4.79 Å². The molecule has 0 radical (unpaired) electrons. The monoisotopic (exact) mass is 281 g/mol. The smallest absolute Gasteiger partial charge is 0.134 e. The number of hydrogen-bond donors (Lipinski definition) is 1. The number of carbonyl (C=O) groups is 1. The van der Waals surface area contributed by atoms with Gasteiger partial charge in [0.2, 0.25) is 0 Å². The summed E-state index contributed by atoms with van der Waals surface area (Å²) in [6.07, 6.45) is 17.6. The summed E-state index contributed by atoms with van der Waals surface area (Å²) >= 11 is 0. The molecule has 0 aromatic heterocycles. The molecule has 0 aromatic rings. The Balaban J connectivity index is 1.71. The molecule has 1 rings (SSSR count). The number of unbranched alkanes of at least 4 members (excludes halogenated alkanes) is 9. The molecule has 0 aliphatic heterocycles. The van der Waals surface area contributed by atoms with Gasteiger partial charge in [-0.05, 0) is 19.3 Å². The molecule has 1 N–H and O–H groups in total. The van der Waals surface area contributed by atoms with Crippen molar-refractivity contribution in [2.24, 2.45) is 0 Å². The molecule has 1 saturated carbocycles. The Kier molecular flexibility index (Phi) is 10.9. The number of rotatable bonds is 15. The minimum absolute atomic E-state index is 0.456. The van der Waals surface area contributed by atoms with E-state index in [1.54, 1.807) is 0 Å². The predicted molar refractivity (Wildman–Crippen MR) is 87.1 cm³/mol. The van der Waals surface area contributed by atoms with Crippen LogP contribution in [0.4, 0.5) is 0 Å². The van der Waals surface area contributed by atoms with Gasteiger partial charge >= 0.3 is 0 Å². The zero-order chi connectivity index (χ0) is 14.5. The summed E-state index contributed by atoms with van der Waals surface area (Å²) in [5.74, 6) is 0.456. The summed E-state index contributed by atoms with van der Waals surface area (Å²) in [5, 5.41) is 3.41. The van der Waals surface area contributed by atoms with Crippen LogP contribution >= 0.6 is 0 Å². The highest BCUT2D eigenvalue weighted by molar-refractivity contribution is 5.78. The lowest BCUT2D eigenvalue weighted by Gasteiger charge is -2.03. The summed E-state index contributed by atoms with van der Waals surface area (Å²) in [6.45, 7) is 3.17. The van der Waals surface area contributed by atoms with E-state index in [4.69, 9.17) is 0 Å². The molecule has 0 aromatic carbocycles. The zero-order valence-electron chi connectivity index (χ0n) is 13.6. The molecule has 118 valence electrons. The van der Waals surface area contributed by atoms with Crippen LogP contribution in [0, 0.1) is 0 Å². The van der Waals surface area contributed by atoms with Crippen LogP contribution in [-0.4, -0.2) is 18.4 Å². The molecule has 20 heavy (non-hydrogen) atoms. The third-order valence-electron chi connectivity index (χ3n) is 4.22. The van der Waals surface area contributed by atoms with Crippen molar-refractivity contribution in [1.29, 1.82) is 0 Å². The second-order valence-corrected chi connectivity index (χ2v) is 6.45. The lowest BCUT2D eigenvalue weighted by atomic mass is 10.0. The van der Waals surface area contributed by atoms with Gasteiger partial charge in [0.1, 0.15) is 5.78 Å². The van der Waals surface area contributed by atoms with Gasteiger partial charge in [0.15, 0.2) is 0 Å². The minimum atomic E-state index is 0.456. The van der Waals surface area contributed by atoms with Crippen LogP contribution in [0.2, 0.25) is 0 Å². The van der Waals surface area contributed by atoms with Gasteiger partial charge in [-0.2, -0.15) is 0 Å². The van der Waals surface area contributed by atoms with E-state index >= 15 is 0 Å². The van der Waals surface area contributed by atoms with E-state index in [2.05, 4.69) is 12.2 Å². The van der Waals surface area contributed by atoms with Crippen LogP contribution in [0.5, 0.6) is 0 Å². The standard InChI is InChI=1S/C18H35NO/c1-2-3-4-5-6-7-8-9-10-11-12-18(20)15-16-19-17-13-14-17/h17,19H,2-16H2,1H3. The van der Waals surface area contributed by atoms with E-state index < -0.39 is 0 Å². The summed E-state index contributed by atoms with van der Waals surface area (Å²) in [7, 11) is 0. The Labute approximate surface area is 126 Å². The maximum absolute atomic E-state index is 11.6. The highest BCUT2D eigenvalue weighted by Crippen LogP contribution is 2.18. The van der Waals surface area contributed by atoms with Gasteiger partial charge in [-0.1, -0.05) is 64.7 Å². The molecular formula is C18H35NO. The molecule has 1 aliphatic rings. The first-order valence-corrected chi connectivity index (χ1v) is 9.08. The van der Waals surface area contributed by atoms with Crippen LogP contribution in [-0.2, 0) is 4.79 Å². The fourth-order valence-electron chi connectivity index (χ4n) is 2.64. The Morgan fingerprint density at radius 2 is 1.40 bits per heavy atom. The van der Waals surface area contributed by atoms with E-state index in [0.717, 1.165) is 31.8 Å². The fourth-order valence-corrected chi connectivity index (χ4v) is 2.64. The molecule has 2 nitrogen and oxygen atoms in total.